The van der Waals surface area contributed by atoms with Crippen molar-refractivity contribution in [2.45, 2.75) is 26.1 Å². The standard InChI is InChI=1S/C14H17F4NO2/c1-8(2)7-19-12(13(20)21-3)9-4-5-11(15)10(6-9)14(16,17)18/h4-6,8,12,19H,7H2,1-3H3. The fraction of sp³-hybridized carbons (Fsp3) is 0.500. The van der Waals surface area contributed by atoms with E-state index in [-0.39, 0.29) is 11.5 Å². The van der Waals surface area contributed by atoms with Gasteiger partial charge in [-0.15, -0.1) is 0 Å². The Kier molecular flexibility index (Phi) is 5.71. The van der Waals surface area contributed by atoms with Gasteiger partial charge in [0.1, 0.15) is 11.9 Å². The molecule has 0 fully saturated rings. The molecule has 0 amide bonds. The Hall–Kier alpha value is -1.63. The molecule has 0 radical (unpaired) electrons. The molecule has 0 aliphatic heterocycles. The number of benzene rings is 1. The van der Waals surface area contributed by atoms with Gasteiger partial charge in [0.05, 0.1) is 12.7 Å². The van der Waals surface area contributed by atoms with Crippen LogP contribution in [-0.2, 0) is 15.7 Å². The van der Waals surface area contributed by atoms with Gasteiger partial charge in [0.2, 0.25) is 0 Å². The maximum atomic E-state index is 13.3. The summed E-state index contributed by atoms with van der Waals surface area (Å²) in [6, 6.07) is 1.40. The fourth-order valence-electron chi connectivity index (χ4n) is 1.75. The molecule has 0 aliphatic rings. The van der Waals surface area contributed by atoms with Crippen LogP contribution in [0.1, 0.15) is 31.0 Å². The average molecular weight is 307 g/mol. The highest BCUT2D eigenvalue weighted by molar-refractivity contribution is 5.77. The second-order valence-corrected chi connectivity index (χ2v) is 5.00. The van der Waals surface area contributed by atoms with E-state index in [0.717, 1.165) is 13.2 Å². The van der Waals surface area contributed by atoms with Gasteiger partial charge in [-0.2, -0.15) is 13.2 Å². The molecule has 0 saturated carbocycles. The molecule has 0 bridgehead atoms. The molecule has 0 spiro atoms. The first-order chi connectivity index (χ1) is 9.66. The second kappa shape index (κ2) is 6.89. The number of carbonyl (C=O) groups excluding carboxylic acids is 1. The molecule has 1 aromatic carbocycles. The highest BCUT2D eigenvalue weighted by Crippen LogP contribution is 2.33. The third kappa shape index (κ3) is 4.70. The minimum absolute atomic E-state index is 0.0104. The lowest BCUT2D eigenvalue weighted by Crippen LogP contribution is -2.32. The van der Waals surface area contributed by atoms with Crippen LogP contribution in [0.15, 0.2) is 18.2 Å². The molecular weight excluding hydrogens is 290 g/mol. The van der Waals surface area contributed by atoms with E-state index < -0.39 is 29.6 Å². The summed E-state index contributed by atoms with van der Waals surface area (Å²) in [4.78, 5) is 11.7. The zero-order valence-corrected chi connectivity index (χ0v) is 11.9. The monoisotopic (exact) mass is 307 g/mol. The SMILES string of the molecule is COC(=O)C(NCC(C)C)c1ccc(F)c(C(F)(F)F)c1. The Labute approximate surface area is 120 Å². The lowest BCUT2D eigenvalue weighted by Gasteiger charge is -2.19. The van der Waals surface area contributed by atoms with Crippen LogP contribution >= 0.6 is 0 Å². The summed E-state index contributed by atoms with van der Waals surface area (Å²) in [7, 11) is 1.14. The highest BCUT2D eigenvalue weighted by atomic mass is 19.4. The van der Waals surface area contributed by atoms with E-state index in [1.54, 1.807) is 0 Å². The van der Waals surface area contributed by atoms with Gasteiger partial charge in [-0.3, -0.25) is 0 Å². The van der Waals surface area contributed by atoms with Crippen molar-refractivity contribution >= 4 is 5.97 Å². The minimum Gasteiger partial charge on any atom is -0.468 e. The lowest BCUT2D eigenvalue weighted by atomic mass is 10.0. The molecule has 1 atom stereocenters. The van der Waals surface area contributed by atoms with Crippen LogP contribution in [0.3, 0.4) is 0 Å². The number of hydrogen-bond acceptors (Lipinski definition) is 3. The fourth-order valence-corrected chi connectivity index (χ4v) is 1.75. The molecule has 21 heavy (non-hydrogen) atoms. The molecule has 7 heteroatoms. The number of methoxy groups -OCH3 is 1. The van der Waals surface area contributed by atoms with Gasteiger partial charge >= 0.3 is 12.1 Å². The van der Waals surface area contributed by atoms with Crippen LogP contribution in [0, 0.1) is 11.7 Å². The smallest absolute Gasteiger partial charge is 0.419 e. The first-order valence-corrected chi connectivity index (χ1v) is 6.34. The summed E-state index contributed by atoms with van der Waals surface area (Å²) in [5.74, 6) is -1.92. The first-order valence-electron chi connectivity index (χ1n) is 6.34. The van der Waals surface area contributed by atoms with Crippen molar-refractivity contribution in [3.05, 3.63) is 35.1 Å². The number of nitrogens with one attached hydrogen (secondary N) is 1. The Morgan fingerprint density at radius 1 is 1.33 bits per heavy atom. The molecule has 0 aromatic heterocycles. The predicted octanol–water partition coefficient (Wildman–Crippen LogP) is 3.30. The van der Waals surface area contributed by atoms with Crippen molar-refractivity contribution in [2.24, 2.45) is 5.92 Å². The summed E-state index contributed by atoms with van der Waals surface area (Å²) in [5, 5.41) is 2.82. The second-order valence-electron chi connectivity index (χ2n) is 5.00. The Balaban J connectivity index is 3.16. The van der Waals surface area contributed by atoms with Crippen LogP contribution in [-0.4, -0.2) is 19.6 Å². The maximum absolute atomic E-state index is 13.3. The highest BCUT2D eigenvalue weighted by Gasteiger charge is 2.35. The molecule has 3 nitrogen and oxygen atoms in total. The topological polar surface area (TPSA) is 38.3 Å². The van der Waals surface area contributed by atoms with Crippen molar-refractivity contribution in [1.82, 2.24) is 5.32 Å². The number of carbonyl (C=O) groups is 1. The number of ether oxygens (including phenoxy) is 1. The number of alkyl halides is 3. The van der Waals surface area contributed by atoms with E-state index in [1.165, 1.54) is 0 Å². The Morgan fingerprint density at radius 3 is 2.43 bits per heavy atom. The molecule has 118 valence electrons. The Bertz CT molecular complexity index is 500. The third-order valence-corrected chi connectivity index (χ3v) is 2.80. The van der Waals surface area contributed by atoms with Crippen LogP contribution in [0.4, 0.5) is 17.6 Å². The quantitative estimate of drug-likeness (QED) is 0.670. The summed E-state index contributed by atoms with van der Waals surface area (Å²) in [6.45, 7) is 4.17. The summed E-state index contributed by atoms with van der Waals surface area (Å²) < 4.78 is 56.0. The zero-order valence-electron chi connectivity index (χ0n) is 11.9. The number of halogens is 4. The van der Waals surface area contributed by atoms with E-state index in [0.29, 0.717) is 18.7 Å². The largest absolute Gasteiger partial charge is 0.468 e. The van der Waals surface area contributed by atoms with Gasteiger partial charge in [0.15, 0.2) is 0 Å². The van der Waals surface area contributed by atoms with E-state index in [9.17, 15) is 22.4 Å². The van der Waals surface area contributed by atoms with Crippen LogP contribution < -0.4 is 5.32 Å². The van der Waals surface area contributed by atoms with E-state index >= 15 is 0 Å². The van der Waals surface area contributed by atoms with Gasteiger partial charge < -0.3 is 10.1 Å². The number of hydrogen-bond donors (Lipinski definition) is 1. The van der Waals surface area contributed by atoms with Crippen LogP contribution in [0.25, 0.3) is 0 Å². The molecule has 0 heterocycles. The number of rotatable bonds is 5. The van der Waals surface area contributed by atoms with E-state index in [1.807, 2.05) is 13.8 Å². The summed E-state index contributed by atoms with van der Waals surface area (Å²) in [5.41, 5.74) is -1.39. The lowest BCUT2D eigenvalue weighted by molar-refractivity contribution is -0.144. The molecule has 0 aliphatic carbocycles. The maximum Gasteiger partial charge on any atom is 0.419 e. The molecule has 1 rings (SSSR count). The minimum atomic E-state index is -4.82. The van der Waals surface area contributed by atoms with Gasteiger partial charge in [-0.1, -0.05) is 19.9 Å². The third-order valence-electron chi connectivity index (χ3n) is 2.80. The van der Waals surface area contributed by atoms with Gasteiger partial charge in [-0.25, -0.2) is 9.18 Å². The average Bonchev–Trinajstić information content (AvgIpc) is 2.38. The Morgan fingerprint density at radius 2 is 1.95 bits per heavy atom. The van der Waals surface area contributed by atoms with E-state index in [2.05, 4.69) is 10.1 Å². The molecule has 1 N–H and O–H groups in total. The molecule has 1 unspecified atom stereocenters. The van der Waals surface area contributed by atoms with Crippen LogP contribution in [0.5, 0.6) is 0 Å². The molecular formula is C14H17F4NO2. The normalized spacial score (nSPS) is 13.3. The van der Waals surface area contributed by atoms with Crippen molar-refractivity contribution in [1.29, 1.82) is 0 Å². The van der Waals surface area contributed by atoms with Gasteiger partial charge in [-0.05, 0) is 30.2 Å². The van der Waals surface area contributed by atoms with E-state index in [4.69, 9.17) is 0 Å². The summed E-state index contributed by atoms with van der Waals surface area (Å²) in [6.07, 6.45) is -4.82. The van der Waals surface area contributed by atoms with Gasteiger partial charge in [0.25, 0.3) is 0 Å². The van der Waals surface area contributed by atoms with Crippen LogP contribution in [0.2, 0.25) is 0 Å². The molecule has 0 saturated heterocycles. The number of esters is 1. The molecule has 1 aromatic rings. The first kappa shape index (κ1) is 17.4. The van der Waals surface area contributed by atoms with Gasteiger partial charge in [0, 0.05) is 0 Å². The van der Waals surface area contributed by atoms with Crippen molar-refractivity contribution in [2.75, 3.05) is 13.7 Å². The van der Waals surface area contributed by atoms with Crippen molar-refractivity contribution in [3.8, 4) is 0 Å². The van der Waals surface area contributed by atoms with Crippen molar-refractivity contribution < 1.29 is 27.1 Å². The van der Waals surface area contributed by atoms with Crippen molar-refractivity contribution in [3.63, 3.8) is 0 Å². The zero-order chi connectivity index (χ0) is 16.2. The summed E-state index contributed by atoms with van der Waals surface area (Å²) >= 11 is 0. The predicted molar refractivity (Wildman–Crippen MR) is 69.0 cm³/mol.